The Labute approximate surface area is 158 Å². The van der Waals surface area contributed by atoms with Crippen molar-refractivity contribution in [1.29, 1.82) is 0 Å². The van der Waals surface area contributed by atoms with Gasteiger partial charge in [-0.15, -0.1) is 0 Å². The maximum absolute atomic E-state index is 12.3. The van der Waals surface area contributed by atoms with Crippen LogP contribution in [0, 0.1) is 0 Å². The number of hydrogen-bond donors (Lipinski definition) is 1. The van der Waals surface area contributed by atoms with Gasteiger partial charge in [-0.05, 0) is 37.6 Å². The topological polar surface area (TPSA) is 79.4 Å². The fourth-order valence-corrected chi connectivity index (χ4v) is 5.08. The summed E-state index contributed by atoms with van der Waals surface area (Å²) in [5.74, 6) is 0.484. The molecule has 1 aliphatic rings. The number of sulfone groups is 1. The Kier molecular flexibility index (Phi) is 5.48. The molecule has 8 heteroatoms. The predicted molar refractivity (Wildman–Crippen MR) is 104 cm³/mol. The van der Waals surface area contributed by atoms with Crippen LogP contribution in [0.25, 0.3) is 0 Å². The normalized spacial score (nSPS) is 18.5. The molecule has 0 radical (unpaired) electrons. The van der Waals surface area contributed by atoms with Crippen LogP contribution in [-0.2, 0) is 9.84 Å². The number of aromatic nitrogens is 1. The molecule has 0 saturated carbocycles. The van der Waals surface area contributed by atoms with E-state index in [4.69, 9.17) is 11.6 Å². The average molecular weight is 394 g/mol. The minimum atomic E-state index is -2.95. The Bertz CT molecular complexity index is 900. The van der Waals surface area contributed by atoms with Gasteiger partial charge in [-0.1, -0.05) is 23.7 Å². The molecule has 1 unspecified atom stereocenters. The van der Waals surface area contributed by atoms with Crippen LogP contribution in [-0.4, -0.2) is 43.4 Å². The van der Waals surface area contributed by atoms with Gasteiger partial charge in [0.1, 0.15) is 5.82 Å². The molecule has 138 valence electrons. The lowest BCUT2D eigenvalue weighted by atomic mass is 10.2. The van der Waals surface area contributed by atoms with E-state index >= 15 is 0 Å². The highest BCUT2D eigenvalue weighted by atomic mass is 35.5. The van der Waals surface area contributed by atoms with Gasteiger partial charge in [0.05, 0.1) is 34.0 Å². The number of pyridine rings is 1. The second kappa shape index (κ2) is 7.63. The van der Waals surface area contributed by atoms with Crippen LogP contribution >= 0.6 is 11.6 Å². The number of rotatable bonds is 5. The summed E-state index contributed by atoms with van der Waals surface area (Å²) in [6.45, 7) is 2.67. The third-order valence-corrected chi connectivity index (χ3v) is 6.51. The molecular weight excluding hydrogens is 374 g/mol. The van der Waals surface area contributed by atoms with Gasteiger partial charge in [0.2, 0.25) is 0 Å². The zero-order valence-electron chi connectivity index (χ0n) is 14.4. The van der Waals surface area contributed by atoms with Gasteiger partial charge in [-0.2, -0.15) is 0 Å². The monoisotopic (exact) mass is 393 g/mol. The summed E-state index contributed by atoms with van der Waals surface area (Å²) in [6.07, 6.45) is 2.28. The lowest BCUT2D eigenvalue weighted by Gasteiger charge is -2.28. The van der Waals surface area contributed by atoms with Gasteiger partial charge in [0.15, 0.2) is 9.84 Å². The van der Waals surface area contributed by atoms with E-state index < -0.39 is 9.84 Å². The molecule has 1 N–H and O–H groups in total. The second-order valence-corrected chi connectivity index (χ2v) is 8.81. The van der Waals surface area contributed by atoms with Crippen molar-refractivity contribution in [1.82, 2.24) is 4.98 Å². The Balaban J connectivity index is 1.72. The fourth-order valence-electron chi connectivity index (χ4n) is 3.13. The lowest BCUT2D eigenvalue weighted by molar-refractivity contribution is 0.102. The molecule has 1 amide bonds. The minimum Gasteiger partial charge on any atom is -0.367 e. The average Bonchev–Trinajstić information content (AvgIpc) is 2.97. The number of amides is 1. The highest BCUT2D eigenvalue weighted by Gasteiger charge is 2.31. The SMILES string of the molecule is CCN(c1ccc(NC(=O)c2ccccc2Cl)nc1)C1CCS(=O)(=O)C1. The molecule has 1 fully saturated rings. The summed E-state index contributed by atoms with van der Waals surface area (Å²) in [7, 11) is -2.95. The smallest absolute Gasteiger partial charge is 0.258 e. The first kappa shape index (κ1) is 18.7. The van der Waals surface area contributed by atoms with Crippen molar-refractivity contribution in [3.63, 3.8) is 0 Å². The largest absolute Gasteiger partial charge is 0.367 e. The summed E-state index contributed by atoms with van der Waals surface area (Å²) in [5, 5.41) is 3.09. The molecule has 2 heterocycles. The van der Waals surface area contributed by atoms with Crippen molar-refractivity contribution in [3.8, 4) is 0 Å². The zero-order valence-corrected chi connectivity index (χ0v) is 15.9. The highest BCUT2D eigenvalue weighted by molar-refractivity contribution is 7.91. The van der Waals surface area contributed by atoms with E-state index in [1.807, 2.05) is 17.9 Å². The molecule has 1 atom stereocenters. The molecule has 1 aromatic heterocycles. The molecule has 1 aliphatic heterocycles. The summed E-state index contributed by atoms with van der Waals surface area (Å²) < 4.78 is 23.5. The van der Waals surface area contributed by atoms with Crippen LogP contribution in [0.3, 0.4) is 0 Å². The van der Waals surface area contributed by atoms with E-state index in [1.54, 1.807) is 36.5 Å². The summed E-state index contributed by atoms with van der Waals surface area (Å²) in [5.41, 5.74) is 1.22. The van der Waals surface area contributed by atoms with Crippen molar-refractivity contribution in [2.24, 2.45) is 0 Å². The third-order valence-electron chi connectivity index (χ3n) is 4.43. The van der Waals surface area contributed by atoms with Crippen molar-refractivity contribution in [2.75, 3.05) is 28.3 Å². The van der Waals surface area contributed by atoms with E-state index in [-0.39, 0.29) is 23.5 Å². The molecular formula is C18H20ClN3O3S. The van der Waals surface area contributed by atoms with Gasteiger partial charge >= 0.3 is 0 Å². The van der Waals surface area contributed by atoms with Gasteiger partial charge in [0, 0.05) is 12.6 Å². The number of anilines is 2. The summed E-state index contributed by atoms with van der Waals surface area (Å²) in [6, 6.07) is 10.3. The molecule has 1 aromatic carbocycles. The second-order valence-electron chi connectivity index (χ2n) is 6.18. The van der Waals surface area contributed by atoms with Crippen LogP contribution in [0.2, 0.25) is 5.02 Å². The lowest BCUT2D eigenvalue weighted by Crippen LogP contribution is -2.36. The molecule has 2 aromatic rings. The molecule has 0 bridgehead atoms. The molecule has 1 saturated heterocycles. The number of nitrogens with one attached hydrogen (secondary N) is 1. The Morgan fingerprint density at radius 3 is 2.65 bits per heavy atom. The van der Waals surface area contributed by atoms with Crippen molar-refractivity contribution in [3.05, 3.63) is 53.2 Å². The number of nitrogens with zero attached hydrogens (tertiary/aromatic N) is 2. The third kappa shape index (κ3) is 4.16. The first-order chi connectivity index (χ1) is 12.4. The van der Waals surface area contributed by atoms with E-state index in [2.05, 4.69) is 10.3 Å². The minimum absolute atomic E-state index is 0.0321. The Morgan fingerprint density at radius 1 is 1.31 bits per heavy atom. The highest BCUT2D eigenvalue weighted by Crippen LogP contribution is 2.24. The van der Waals surface area contributed by atoms with Crippen molar-refractivity contribution in [2.45, 2.75) is 19.4 Å². The van der Waals surface area contributed by atoms with Crippen molar-refractivity contribution < 1.29 is 13.2 Å². The fraction of sp³-hybridized carbons (Fsp3) is 0.333. The van der Waals surface area contributed by atoms with Crippen LogP contribution in [0.1, 0.15) is 23.7 Å². The van der Waals surface area contributed by atoms with E-state index in [9.17, 15) is 13.2 Å². The summed E-state index contributed by atoms with van der Waals surface area (Å²) in [4.78, 5) is 18.6. The maximum Gasteiger partial charge on any atom is 0.258 e. The van der Waals surface area contributed by atoms with Crippen LogP contribution in [0.15, 0.2) is 42.6 Å². The number of benzene rings is 1. The number of hydrogen-bond acceptors (Lipinski definition) is 5. The standard InChI is InChI=1S/C18H20ClN3O3S/c1-2-22(14-9-10-26(24,25)12-14)13-7-8-17(20-11-13)21-18(23)15-5-3-4-6-16(15)19/h3-8,11,14H,2,9-10,12H2,1H3,(H,20,21,23). The van der Waals surface area contributed by atoms with Gasteiger partial charge < -0.3 is 10.2 Å². The first-order valence-corrected chi connectivity index (χ1v) is 10.6. The maximum atomic E-state index is 12.3. The number of carbonyl (C=O) groups excluding carboxylic acids is 1. The van der Waals surface area contributed by atoms with Gasteiger partial charge in [-0.25, -0.2) is 13.4 Å². The van der Waals surface area contributed by atoms with E-state index in [1.165, 1.54) is 0 Å². The quantitative estimate of drug-likeness (QED) is 0.844. The van der Waals surface area contributed by atoms with Crippen molar-refractivity contribution >= 4 is 38.9 Å². The first-order valence-electron chi connectivity index (χ1n) is 8.38. The van der Waals surface area contributed by atoms with Gasteiger partial charge in [0.25, 0.3) is 5.91 Å². The zero-order chi connectivity index (χ0) is 18.7. The summed E-state index contributed by atoms with van der Waals surface area (Å²) >= 11 is 6.03. The van der Waals surface area contributed by atoms with E-state index in [0.717, 1.165) is 5.69 Å². The van der Waals surface area contributed by atoms with E-state index in [0.29, 0.717) is 29.4 Å². The van der Waals surface area contributed by atoms with Gasteiger partial charge in [-0.3, -0.25) is 4.79 Å². The number of halogens is 1. The van der Waals surface area contributed by atoms with Crippen LogP contribution in [0.4, 0.5) is 11.5 Å². The Morgan fingerprint density at radius 2 is 2.08 bits per heavy atom. The molecule has 3 rings (SSSR count). The molecule has 0 spiro atoms. The van der Waals surface area contributed by atoms with Crippen LogP contribution in [0.5, 0.6) is 0 Å². The van der Waals surface area contributed by atoms with Crippen LogP contribution < -0.4 is 10.2 Å². The molecule has 0 aliphatic carbocycles. The number of carbonyl (C=O) groups is 1. The Hall–Kier alpha value is -2.12. The molecule has 6 nitrogen and oxygen atoms in total. The predicted octanol–water partition coefficient (Wildman–Crippen LogP) is 3.00. The molecule has 26 heavy (non-hydrogen) atoms.